The molecule has 0 unspecified atom stereocenters. The second-order valence-electron chi connectivity index (χ2n) is 2.02. The first-order chi connectivity index (χ1) is 5.11. The number of aromatic nitrogens is 1. The first kappa shape index (κ1) is 8.33. The molecule has 0 aliphatic carbocycles. The van der Waals surface area contributed by atoms with Gasteiger partial charge in [0.1, 0.15) is 10.3 Å². The van der Waals surface area contributed by atoms with E-state index in [2.05, 4.69) is 20.9 Å². The Morgan fingerprint density at radius 1 is 1.64 bits per heavy atom. The predicted molar refractivity (Wildman–Crippen MR) is 41.9 cm³/mol. The van der Waals surface area contributed by atoms with Crippen LogP contribution in [0.15, 0.2) is 16.7 Å². The second kappa shape index (κ2) is 3.09. The van der Waals surface area contributed by atoms with Crippen LogP contribution in [0.1, 0.15) is 17.4 Å². The van der Waals surface area contributed by atoms with Crippen molar-refractivity contribution < 1.29 is 9.18 Å². The van der Waals surface area contributed by atoms with E-state index in [-0.39, 0.29) is 11.5 Å². The van der Waals surface area contributed by atoms with Gasteiger partial charge in [-0.15, -0.1) is 0 Å². The summed E-state index contributed by atoms with van der Waals surface area (Å²) in [7, 11) is 0. The van der Waals surface area contributed by atoms with Gasteiger partial charge in [0, 0.05) is 6.92 Å². The molecule has 0 amide bonds. The first-order valence-electron chi connectivity index (χ1n) is 2.94. The summed E-state index contributed by atoms with van der Waals surface area (Å²) < 4.78 is 13.2. The zero-order chi connectivity index (χ0) is 8.43. The predicted octanol–water partition coefficient (Wildman–Crippen LogP) is 2.19. The first-order valence-corrected chi connectivity index (χ1v) is 3.73. The third kappa shape index (κ3) is 1.83. The SMILES string of the molecule is CC(=O)c1nc(Br)ccc1F. The van der Waals surface area contributed by atoms with E-state index in [4.69, 9.17) is 0 Å². The molecule has 1 heterocycles. The van der Waals surface area contributed by atoms with Crippen LogP contribution in [0.4, 0.5) is 4.39 Å². The van der Waals surface area contributed by atoms with Crippen LogP contribution in [0.5, 0.6) is 0 Å². The number of carbonyl (C=O) groups is 1. The monoisotopic (exact) mass is 217 g/mol. The van der Waals surface area contributed by atoms with Crippen LogP contribution in [-0.4, -0.2) is 10.8 Å². The van der Waals surface area contributed by atoms with Gasteiger partial charge in [0.05, 0.1) is 0 Å². The van der Waals surface area contributed by atoms with Crippen LogP contribution < -0.4 is 0 Å². The van der Waals surface area contributed by atoms with Crippen molar-refractivity contribution in [2.75, 3.05) is 0 Å². The van der Waals surface area contributed by atoms with Crippen molar-refractivity contribution in [2.45, 2.75) is 6.92 Å². The Hall–Kier alpha value is -0.770. The van der Waals surface area contributed by atoms with E-state index >= 15 is 0 Å². The summed E-state index contributed by atoms with van der Waals surface area (Å²) in [5.74, 6) is -0.954. The molecule has 2 nitrogen and oxygen atoms in total. The highest BCUT2D eigenvalue weighted by Crippen LogP contribution is 2.10. The highest BCUT2D eigenvalue weighted by Gasteiger charge is 2.08. The fourth-order valence-electron chi connectivity index (χ4n) is 0.665. The van der Waals surface area contributed by atoms with Crippen molar-refractivity contribution in [3.63, 3.8) is 0 Å². The molecule has 58 valence electrons. The minimum absolute atomic E-state index is 0.126. The van der Waals surface area contributed by atoms with E-state index < -0.39 is 5.82 Å². The van der Waals surface area contributed by atoms with E-state index in [1.54, 1.807) is 0 Å². The molecule has 0 spiro atoms. The van der Waals surface area contributed by atoms with Gasteiger partial charge in [-0.25, -0.2) is 9.37 Å². The van der Waals surface area contributed by atoms with Gasteiger partial charge in [0.15, 0.2) is 11.6 Å². The molecule has 0 saturated carbocycles. The van der Waals surface area contributed by atoms with E-state index in [1.807, 2.05) is 0 Å². The number of hydrogen-bond donors (Lipinski definition) is 0. The maximum atomic E-state index is 12.7. The van der Waals surface area contributed by atoms with Gasteiger partial charge in [-0.05, 0) is 28.1 Å². The Morgan fingerprint density at radius 2 is 2.27 bits per heavy atom. The van der Waals surface area contributed by atoms with E-state index in [0.29, 0.717) is 4.60 Å². The zero-order valence-corrected chi connectivity index (χ0v) is 7.35. The molecule has 1 aromatic rings. The topological polar surface area (TPSA) is 30.0 Å². The quantitative estimate of drug-likeness (QED) is 0.534. The van der Waals surface area contributed by atoms with Gasteiger partial charge in [0.2, 0.25) is 0 Å². The van der Waals surface area contributed by atoms with Crippen molar-refractivity contribution in [3.05, 3.63) is 28.2 Å². The van der Waals surface area contributed by atoms with Crippen molar-refractivity contribution in [1.29, 1.82) is 0 Å². The van der Waals surface area contributed by atoms with Crippen molar-refractivity contribution >= 4 is 21.7 Å². The average Bonchev–Trinajstić information content (AvgIpc) is 1.94. The van der Waals surface area contributed by atoms with Crippen LogP contribution in [0.3, 0.4) is 0 Å². The molecule has 0 aliphatic rings. The lowest BCUT2D eigenvalue weighted by Gasteiger charge is -1.96. The Labute approximate surface area is 71.6 Å². The lowest BCUT2D eigenvalue weighted by molar-refractivity contribution is 0.100. The van der Waals surface area contributed by atoms with Gasteiger partial charge in [-0.2, -0.15) is 0 Å². The summed E-state index contributed by atoms with van der Waals surface area (Å²) in [6.07, 6.45) is 0. The van der Waals surface area contributed by atoms with Crippen molar-refractivity contribution in [2.24, 2.45) is 0 Å². The molecule has 0 aromatic carbocycles. The molecule has 0 radical (unpaired) electrons. The molecule has 0 N–H and O–H groups in total. The largest absolute Gasteiger partial charge is 0.293 e. The van der Waals surface area contributed by atoms with Gasteiger partial charge < -0.3 is 0 Å². The summed E-state index contributed by atoms with van der Waals surface area (Å²) in [4.78, 5) is 14.4. The molecule has 1 aromatic heterocycles. The lowest BCUT2D eigenvalue weighted by Crippen LogP contribution is -2.00. The third-order valence-electron chi connectivity index (χ3n) is 1.15. The van der Waals surface area contributed by atoms with Crippen LogP contribution in [0.25, 0.3) is 0 Å². The summed E-state index contributed by atoms with van der Waals surface area (Å²) in [6, 6.07) is 2.65. The van der Waals surface area contributed by atoms with E-state index in [0.717, 1.165) is 0 Å². The number of hydrogen-bond acceptors (Lipinski definition) is 2. The van der Waals surface area contributed by atoms with Crippen molar-refractivity contribution in [1.82, 2.24) is 4.98 Å². The Bertz CT molecular complexity index is 300. The minimum Gasteiger partial charge on any atom is -0.293 e. The zero-order valence-electron chi connectivity index (χ0n) is 5.77. The molecule has 0 atom stereocenters. The van der Waals surface area contributed by atoms with Crippen LogP contribution in [-0.2, 0) is 0 Å². The highest BCUT2D eigenvalue weighted by molar-refractivity contribution is 9.10. The summed E-state index contributed by atoms with van der Waals surface area (Å²) in [6.45, 7) is 1.28. The molecule has 0 aliphatic heterocycles. The van der Waals surface area contributed by atoms with Gasteiger partial charge in [-0.3, -0.25) is 4.79 Å². The Kier molecular flexibility index (Phi) is 2.34. The van der Waals surface area contributed by atoms with Gasteiger partial charge >= 0.3 is 0 Å². The summed E-state index contributed by atoms with van der Waals surface area (Å²) in [5, 5.41) is 0. The molecule has 1 rings (SSSR count). The van der Waals surface area contributed by atoms with E-state index in [1.165, 1.54) is 19.1 Å². The second-order valence-corrected chi connectivity index (χ2v) is 2.83. The smallest absolute Gasteiger partial charge is 0.181 e. The fourth-order valence-corrected chi connectivity index (χ4v) is 0.975. The highest BCUT2D eigenvalue weighted by atomic mass is 79.9. The number of carbonyl (C=O) groups excluding carboxylic acids is 1. The van der Waals surface area contributed by atoms with E-state index in [9.17, 15) is 9.18 Å². The Balaban J connectivity index is 3.23. The number of ketones is 1. The van der Waals surface area contributed by atoms with Crippen LogP contribution >= 0.6 is 15.9 Å². The maximum Gasteiger partial charge on any atom is 0.181 e. The molecule has 0 saturated heterocycles. The number of rotatable bonds is 1. The summed E-state index contributed by atoms with van der Waals surface area (Å²) in [5.41, 5.74) is -0.126. The van der Waals surface area contributed by atoms with Crippen LogP contribution in [0.2, 0.25) is 0 Å². The lowest BCUT2D eigenvalue weighted by atomic mass is 10.3. The molecule has 11 heavy (non-hydrogen) atoms. The fraction of sp³-hybridized carbons (Fsp3) is 0.143. The van der Waals surface area contributed by atoms with Crippen molar-refractivity contribution in [3.8, 4) is 0 Å². The Morgan fingerprint density at radius 3 is 2.73 bits per heavy atom. The van der Waals surface area contributed by atoms with Crippen LogP contribution in [0, 0.1) is 5.82 Å². The number of halogens is 2. The molecule has 0 bridgehead atoms. The van der Waals surface area contributed by atoms with Gasteiger partial charge in [0.25, 0.3) is 0 Å². The van der Waals surface area contributed by atoms with Gasteiger partial charge in [-0.1, -0.05) is 0 Å². The molecular formula is C7H5BrFNO. The normalized spacial score (nSPS) is 9.73. The maximum absolute atomic E-state index is 12.7. The minimum atomic E-state index is -0.583. The molecule has 0 fully saturated rings. The standard InChI is InChI=1S/C7H5BrFNO/c1-4(11)7-5(9)2-3-6(8)10-7/h2-3H,1H3. The number of Topliss-reactive ketones (excluding diaryl/α,β-unsaturated/α-hetero) is 1. The molecule has 4 heteroatoms. The summed E-state index contributed by atoms with van der Waals surface area (Å²) >= 11 is 3.03. The number of pyridine rings is 1. The average molecular weight is 218 g/mol. The third-order valence-corrected chi connectivity index (χ3v) is 1.59. The number of nitrogens with zero attached hydrogens (tertiary/aromatic N) is 1. The molecular weight excluding hydrogens is 213 g/mol.